The quantitative estimate of drug-likeness (QED) is 0.400. The second-order valence-electron chi connectivity index (χ2n) is 10.1. The number of likely N-dealkylation sites (tertiary alicyclic amines) is 1. The molecule has 1 fully saturated rings. The Labute approximate surface area is 218 Å². The van der Waals surface area contributed by atoms with Crippen molar-refractivity contribution in [3.63, 3.8) is 0 Å². The van der Waals surface area contributed by atoms with E-state index in [1.165, 1.54) is 0 Å². The number of nitrogens with one attached hydrogen (secondary N) is 1. The molecule has 2 aromatic carbocycles. The van der Waals surface area contributed by atoms with Crippen molar-refractivity contribution in [3.8, 4) is 11.4 Å². The summed E-state index contributed by atoms with van der Waals surface area (Å²) in [4.78, 5) is 45.2. The van der Waals surface area contributed by atoms with Crippen LogP contribution in [0, 0.1) is 0 Å². The highest BCUT2D eigenvalue weighted by atomic mass is 16.2. The van der Waals surface area contributed by atoms with Gasteiger partial charge in [-0.25, -0.2) is 15.0 Å². The predicted octanol–water partition coefficient (Wildman–Crippen LogP) is 3.92. The van der Waals surface area contributed by atoms with Crippen molar-refractivity contribution in [1.29, 1.82) is 0 Å². The Morgan fingerprint density at radius 3 is 2.74 bits per heavy atom. The number of nitrogens with zero attached hydrogens (tertiary/aromatic N) is 6. The van der Waals surface area contributed by atoms with Gasteiger partial charge in [0.05, 0.1) is 30.0 Å². The summed E-state index contributed by atoms with van der Waals surface area (Å²) < 4.78 is 2.02. The van der Waals surface area contributed by atoms with Crippen molar-refractivity contribution < 1.29 is 9.59 Å². The third-order valence-electron chi connectivity index (χ3n) is 7.92. The summed E-state index contributed by atoms with van der Waals surface area (Å²) in [6.07, 6.45) is 6.53. The number of hydrogen-bond donors (Lipinski definition) is 1. The predicted molar refractivity (Wildman–Crippen MR) is 143 cm³/mol. The van der Waals surface area contributed by atoms with Gasteiger partial charge in [-0.05, 0) is 60.4 Å². The Hall–Kier alpha value is -4.66. The van der Waals surface area contributed by atoms with E-state index >= 15 is 0 Å². The maximum atomic E-state index is 13.1. The van der Waals surface area contributed by atoms with Crippen molar-refractivity contribution in [3.05, 3.63) is 78.4 Å². The summed E-state index contributed by atoms with van der Waals surface area (Å²) in [5.41, 5.74) is 5.57. The lowest BCUT2D eigenvalue weighted by atomic mass is 9.73. The van der Waals surface area contributed by atoms with Gasteiger partial charge >= 0.3 is 0 Å². The molecule has 1 N–H and O–H groups in total. The first-order chi connectivity index (χ1) is 18.5. The maximum absolute atomic E-state index is 13.1. The molecular formula is C29H25N7O2. The number of rotatable bonds is 3. The molecule has 7 rings (SSSR count). The summed E-state index contributed by atoms with van der Waals surface area (Å²) in [6.45, 7) is 3.34. The lowest BCUT2D eigenvalue weighted by Gasteiger charge is -2.37. The Kier molecular flexibility index (Phi) is 5.01. The van der Waals surface area contributed by atoms with Crippen LogP contribution in [0.2, 0.25) is 0 Å². The number of pyridine rings is 1. The van der Waals surface area contributed by atoms with Crippen LogP contribution in [0.3, 0.4) is 0 Å². The summed E-state index contributed by atoms with van der Waals surface area (Å²) in [5, 5.41) is 4.15. The molecule has 0 bridgehead atoms. The Morgan fingerprint density at radius 1 is 1.03 bits per heavy atom. The zero-order chi connectivity index (χ0) is 25.9. The molecule has 2 aliphatic rings. The summed E-state index contributed by atoms with van der Waals surface area (Å²) in [5.74, 6) is 0.638. The first-order valence-electron chi connectivity index (χ1n) is 12.7. The Morgan fingerprint density at radius 2 is 1.89 bits per heavy atom. The summed E-state index contributed by atoms with van der Waals surface area (Å²) in [6, 6.07) is 16.2. The number of imidazole rings is 1. The topological polar surface area (TPSA) is 106 Å². The lowest BCUT2D eigenvalue weighted by molar-refractivity contribution is -0.133. The minimum atomic E-state index is -0.631. The third-order valence-corrected chi connectivity index (χ3v) is 7.92. The molecule has 2 aliphatic heterocycles. The van der Waals surface area contributed by atoms with Crippen molar-refractivity contribution in [2.45, 2.75) is 31.7 Å². The van der Waals surface area contributed by atoms with Crippen LogP contribution in [-0.4, -0.2) is 54.3 Å². The molecule has 0 atom stereocenters. The van der Waals surface area contributed by atoms with E-state index in [-0.39, 0.29) is 11.8 Å². The molecule has 0 saturated carbocycles. The van der Waals surface area contributed by atoms with E-state index < -0.39 is 5.41 Å². The summed E-state index contributed by atoms with van der Waals surface area (Å²) in [7, 11) is 0. The Balaban J connectivity index is 1.23. The first kappa shape index (κ1) is 22.5. The second-order valence-corrected chi connectivity index (χ2v) is 10.1. The summed E-state index contributed by atoms with van der Waals surface area (Å²) >= 11 is 0. The van der Waals surface area contributed by atoms with Gasteiger partial charge in [0.1, 0.15) is 5.52 Å². The molecule has 0 radical (unpaired) electrons. The van der Waals surface area contributed by atoms with Gasteiger partial charge in [0, 0.05) is 42.8 Å². The zero-order valence-electron chi connectivity index (χ0n) is 20.9. The van der Waals surface area contributed by atoms with E-state index in [0.717, 1.165) is 44.4 Å². The van der Waals surface area contributed by atoms with Crippen molar-refractivity contribution >= 4 is 39.6 Å². The van der Waals surface area contributed by atoms with Gasteiger partial charge in [-0.15, -0.1) is 0 Å². The van der Waals surface area contributed by atoms with E-state index in [2.05, 4.69) is 38.5 Å². The molecule has 5 aromatic rings. The first-order valence-corrected chi connectivity index (χ1v) is 12.7. The van der Waals surface area contributed by atoms with Crippen LogP contribution < -0.4 is 5.32 Å². The fourth-order valence-corrected chi connectivity index (χ4v) is 5.78. The smallest absolute Gasteiger partial charge is 0.235 e. The third kappa shape index (κ3) is 3.53. The van der Waals surface area contributed by atoms with E-state index in [0.29, 0.717) is 38.3 Å². The number of amides is 2. The van der Waals surface area contributed by atoms with Crippen molar-refractivity contribution in [2.24, 2.45) is 0 Å². The number of hydrogen-bond acceptors (Lipinski definition) is 6. The molecule has 0 unspecified atom stereocenters. The van der Waals surface area contributed by atoms with E-state index in [4.69, 9.17) is 4.98 Å². The lowest BCUT2D eigenvalue weighted by Crippen LogP contribution is -2.47. The molecular weight excluding hydrogens is 478 g/mol. The normalized spacial score (nSPS) is 16.2. The SMILES string of the molecule is CC(=O)N1CCC2(CC1)C(=O)Nc1ccc(-c3ncc4ncn(Cc5ccc6ncccc6c5)c4n3)cc12. The molecule has 2 amide bonds. The average Bonchev–Trinajstić information content (AvgIpc) is 3.46. The van der Waals surface area contributed by atoms with Crippen LogP contribution in [0.5, 0.6) is 0 Å². The van der Waals surface area contributed by atoms with Crippen molar-refractivity contribution in [2.75, 3.05) is 18.4 Å². The van der Waals surface area contributed by atoms with Crippen LogP contribution in [0.25, 0.3) is 33.5 Å². The molecule has 9 heteroatoms. The van der Waals surface area contributed by atoms with E-state index in [9.17, 15) is 9.59 Å². The fraction of sp³-hybridized carbons (Fsp3) is 0.241. The fourth-order valence-electron chi connectivity index (χ4n) is 5.78. The molecule has 5 heterocycles. The van der Waals surface area contributed by atoms with Crippen LogP contribution in [0.15, 0.2) is 67.3 Å². The van der Waals surface area contributed by atoms with Gasteiger partial charge in [-0.1, -0.05) is 12.1 Å². The van der Waals surface area contributed by atoms with Gasteiger partial charge in [0.25, 0.3) is 0 Å². The monoisotopic (exact) mass is 503 g/mol. The Bertz CT molecular complexity index is 1750. The van der Waals surface area contributed by atoms with Crippen molar-refractivity contribution in [1.82, 2.24) is 29.4 Å². The van der Waals surface area contributed by atoms with Gasteiger partial charge in [-0.2, -0.15) is 0 Å². The van der Waals surface area contributed by atoms with Crippen LogP contribution in [-0.2, 0) is 21.5 Å². The highest BCUT2D eigenvalue weighted by Crippen LogP contribution is 2.46. The highest BCUT2D eigenvalue weighted by Gasteiger charge is 2.48. The number of aromatic nitrogens is 5. The minimum absolute atomic E-state index is 0.00730. The number of benzene rings is 2. The van der Waals surface area contributed by atoms with Gasteiger partial charge in [0.15, 0.2) is 11.5 Å². The molecule has 38 heavy (non-hydrogen) atoms. The highest BCUT2D eigenvalue weighted by molar-refractivity contribution is 6.07. The van der Waals surface area contributed by atoms with Gasteiger partial charge < -0.3 is 14.8 Å². The van der Waals surface area contributed by atoms with E-state index in [1.807, 2.05) is 39.8 Å². The molecule has 9 nitrogen and oxygen atoms in total. The number of anilines is 1. The van der Waals surface area contributed by atoms with Gasteiger partial charge in [-0.3, -0.25) is 14.6 Å². The molecule has 188 valence electrons. The number of carbonyl (C=O) groups is 2. The van der Waals surface area contributed by atoms with E-state index in [1.54, 1.807) is 25.6 Å². The van der Waals surface area contributed by atoms with Crippen LogP contribution in [0.1, 0.15) is 30.9 Å². The number of fused-ring (bicyclic) bond motifs is 4. The largest absolute Gasteiger partial charge is 0.343 e. The zero-order valence-corrected chi connectivity index (χ0v) is 20.9. The van der Waals surface area contributed by atoms with Crippen LogP contribution >= 0.6 is 0 Å². The van der Waals surface area contributed by atoms with Gasteiger partial charge in [0.2, 0.25) is 11.8 Å². The number of piperidine rings is 1. The molecule has 1 saturated heterocycles. The molecule has 3 aromatic heterocycles. The standard InChI is InChI=1S/C29H25N7O2/c1-18(37)35-11-8-29(9-12-35)22-14-21(5-7-24(22)33-28(29)38)26-31-15-25-27(34-26)36(17-32-25)16-19-4-6-23-20(13-19)3-2-10-30-23/h2-7,10,13-15,17H,8-9,11-12,16H2,1H3,(H,33,38). The minimum Gasteiger partial charge on any atom is -0.343 e. The molecule has 0 aliphatic carbocycles. The second kappa shape index (κ2) is 8.44. The van der Waals surface area contributed by atoms with Crippen LogP contribution in [0.4, 0.5) is 5.69 Å². The number of carbonyl (C=O) groups excluding carboxylic acids is 2. The average molecular weight is 504 g/mol. The maximum Gasteiger partial charge on any atom is 0.235 e. The molecule has 1 spiro atoms.